The van der Waals surface area contributed by atoms with E-state index >= 15 is 0 Å². The first-order chi connectivity index (χ1) is 15.7. The lowest BCUT2D eigenvalue weighted by Crippen LogP contribution is -2.22. The summed E-state index contributed by atoms with van der Waals surface area (Å²) in [5, 5.41) is 16.5. The molecule has 33 heavy (non-hydrogen) atoms. The van der Waals surface area contributed by atoms with Crippen LogP contribution in [-0.4, -0.2) is 32.9 Å². The Morgan fingerprint density at radius 1 is 1.06 bits per heavy atom. The van der Waals surface area contributed by atoms with Crippen molar-refractivity contribution in [1.29, 1.82) is 0 Å². The number of carbonyl (C=O) groups excluding carboxylic acids is 1. The van der Waals surface area contributed by atoms with Gasteiger partial charge in [-0.1, -0.05) is 35.9 Å². The molecule has 172 valence electrons. The SMILES string of the molecule is COc1ccc(NC(=O)CNc2ccccc2[N+](=O)[O-])cc1S(=O)(=O)Nc1ccccc1Cl. The number of anilines is 3. The van der Waals surface area contributed by atoms with E-state index in [1.807, 2.05) is 0 Å². The molecule has 12 heteroatoms. The first-order valence-electron chi connectivity index (χ1n) is 9.44. The van der Waals surface area contributed by atoms with Crippen molar-refractivity contribution in [1.82, 2.24) is 0 Å². The fourth-order valence-corrected chi connectivity index (χ4v) is 4.39. The van der Waals surface area contributed by atoms with E-state index in [-0.39, 0.29) is 45.0 Å². The van der Waals surface area contributed by atoms with Crippen molar-refractivity contribution in [3.63, 3.8) is 0 Å². The average Bonchev–Trinajstić information content (AvgIpc) is 2.79. The summed E-state index contributed by atoms with van der Waals surface area (Å²) >= 11 is 6.04. The van der Waals surface area contributed by atoms with Crippen LogP contribution in [-0.2, 0) is 14.8 Å². The van der Waals surface area contributed by atoms with Crippen LogP contribution in [0.2, 0.25) is 5.02 Å². The number of rotatable bonds is 9. The fourth-order valence-electron chi connectivity index (χ4n) is 2.87. The molecule has 0 aliphatic rings. The Labute approximate surface area is 194 Å². The second-order valence-corrected chi connectivity index (χ2v) is 8.68. The van der Waals surface area contributed by atoms with Crippen molar-refractivity contribution < 1.29 is 22.9 Å². The molecule has 0 aliphatic carbocycles. The number of hydrogen-bond acceptors (Lipinski definition) is 7. The number of carbonyl (C=O) groups is 1. The second-order valence-electron chi connectivity index (χ2n) is 6.63. The van der Waals surface area contributed by atoms with Gasteiger partial charge in [-0.25, -0.2) is 8.42 Å². The summed E-state index contributed by atoms with van der Waals surface area (Å²) in [4.78, 5) is 22.7. The van der Waals surface area contributed by atoms with Crippen molar-refractivity contribution in [3.8, 4) is 5.75 Å². The lowest BCUT2D eigenvalue weighted by atomic mass is 10.2. The van der Waals surface area contributed by atoms with E-state index in [1.165, 1.54) is 55.6 Å². The second kappa shape index (κ2) is 10.2. The predicted octanol–water partition coefficient (Wildman–Crippen LogP) is 4.11. The van der Waals surface area contributed by atoms with Gasteiger partial charge in [-0.05, 0) is 36.4 Å². The van der Waals surface area contributed by atoms with Crippen LogP contribution in [0, 0.1) is 10.1 Å². The van der Waals surface area contributed by atoms with Crippen LogP contribution >= 0.6 is 11.6 Å². The number of methoxy groups -OCH3 is 1. The lowest BCUT2D eigenvalue weighted by Gasteiger charge is -2.14. The van der Waals surface area contributed by atoms with Crippen LogP contribution in [0.1, 0.15) is 0 Å². The Kier molecular flexibility index (Phi) is 7.36. The molecule has 0 saturated heterocycles. The highest BCUT2D eigenvalue weighted by Crippen LogP contribution is 2.31. The maximum absolute atomic E-state index is 12.9. The van der Waals surface area contributed by atoms with Gasteiger partial charge in [0.1, 0.15) is 16.3 Å². The highest BCUT2D eigenvalue weighted by atomic mass is 35.5. The van der Waals surface area contributed by atoms with Crippen LogP contribution < -0.4 is 20.1 Å². The summed E-state index contributed by atoms with van der Waals surface area (Å²) in [6.45, 7) is -0.281. The minimum absolute atomic E-state index is 0.0607. The largest absolute Gasteiger partial charge is 0.495 e. The van der Waals surface area contributed by atoms with Gasteiger partial charge in [-0.15, -0.1) is 0 Å². The molecule has 0 fully saturated rings. The number of para-hydroxylation sites is 3. The zero-order chi connectivity index (χ0) is 24.0. The molecule has 0 unspecified atom stereocenters. The minimum Gasteiger partial charge on any atom is -0.495 e. The van der Waals surface area contributed by atoms with Crippen molar-refractivity contribution in [2.24, 2.45) is 0 Å². The number of ether oxygens (including phenoxy) is 1. The van der Waals surface area contributed by atoms with Gasteiger partial charge < -0.3 is 15.4 Å². The zero-order valence-corrected chi connectivity index (χ0v) is 18.8. The van der Waals surface area contributed by atoms with Gasteiger partial charge in [0.2, 0.25) is 5.91 Å². The molecule has 0 radical (unpaired) electrons. The van der Waals surface area contributed by atoms with Gasteiger partial charge in [0.15, 0.2) is 0 Å². The number of nitro groups is 1. The van der Waals surface area contributed by atoms with Crippen LogP contribution in [0.5, 0.6) is 5.75 Å². The number of benzene rings is 3. The van der Waals surface area contributed by atoms with Crippen LogP contribution in [0.15, 0.2) is 71.6 Å². The predicted molar refractivity (Wildman–Crippen MR) is 125 cm³/mol. The maximum atomic E-state index is 12.9. The molecule has 0 aromatic heterocycles. The number of halogens is 1. The summed E-state index contributed by atoms with van der Waals surface area (Å²) in [7, 11) is -2.79. The Morgan fingerprint density at radius 3 is 2.39 bits per heavy atom. The van der Waals surface area contributed by atoms with E-state index in [0.29, 0.717) is 0 Å². The minimum atomic E-state index is -4.11. The molecule has 3 rings (SSSR count). The smallest absolute Gasteiger partial charge is 0.292 e. The Morgan fingerprint density at radius 2 is 1.73 bits per heavy atom. The lowest BCUT2D eigenvalue weighted by molar-refractivity contribution is -0.383. The maximum Gasteiger partial charge on any atom is 0.292 e. The molecule has 0 spiro atoms. The molecular weight excluding hydrogens is 472 g/mol. The summed E-state index contributed by atoms with van der Waals surface area (Å²) in [6.07, 6.45) is 0. The highest BCUT2D eigenvalue weighted by Gasteiger charge is 2.22. The third-order valence-corrected chi connectivity index (χ3v) is 6.11. The summed E-state index contributed by atoms with van der Waals surface area (Å²) in [6, 6.07) is 16.3. The molecule has 3 aromatic carbocycles. The third kappa shape index (κ3) is 5.90. The van der Waals surface area contributed by atoms with Gasteiger partial charge in [0.05, 0.1) is 29.3 Å². The summed E-state index contributed by atoms with van der Waals surface area (Å²) < 4.78 is 33.4. The molecule has 3 aromatic rings. The van der Waals surface area contributed by atoms with Gasteiger partial charge in [0.25, 0.3) is 15.7 Å². The van der Waals surface area contributed by atoms with Crippen molar-refractivity contribution in [2.75, 3.05) is 29.0 Å². The fraction of sp³-hybridized carbons (Fsp3) is 0.0952. The first-order valence-corrected chi connectivity index (χ1v) is 11.3. The van der Waals surface area contributed by atoms with Gasteiger partial charge >= 0.3 is 0 Å². The van der Waals surface area contributed by atoms with Crippen LogP contribution in [0.4, 0.5) is 22.7 Å². The zero-order valence-electron chi connectivity index (χ0n) is 17.2. The molecule has 10 nitrogen and oxygen atoms in total. The standard InChI is InChI=1S/C21H19ClN4O6S/c1-32-19-11-10-14(12-20(19)33(30,31)25-16-7-3-2-6-15(16)22)24-21(27)13-23-17-8-4-5-9-18(17)26(28)29/h2-12,23,25H,13H2,1H3,(H,24,27). The molecular formula is C21H19ClN4O6S. The highest BCUT2D eigenvalue weighted by molar-refractivity contribution is 7.92. The van der Waals surface area contributed by atoms with Crippen molar-refractivity contribution >= 4 is 50.3 Å². The number of nitrogens with one attached hydrogen (secondary N) is 3. The summed E-state index contributed by atoms with van der Waals surface area (Å²) in [5.41, 5.74) is 0.377. The number of sulfonamides is 1. The van der Waals surface area contributed by atoms with E-state index in [9.17, 15) is 23.3 Å². The molecule has 0 heterocycles. The Balaban J connectivity index is 1.77. The van der Waals surface area contributed by atoms with Crippen LogP contribution in [0.3, 0.4) is 0 Å². The Hall–Kier alpha value is -3.83. The molecule has 0 atom stereocenters. The molecule has 0 bridgehead atoms. The quantitative estimate of drug-likeness (QED) is 0.303. The number of nitrogens with zero attached hydrogens (tertiary/aromatic N) is 1. The monoisotopic (exact) mass is 490 g/mol. The summed E-state index contributed by atoms with van der Waals surface area (Å²) in [5.74, 6) is -0.480. The van der Waals surface area contributed by atoms with Gasteiger partial charge in [-0.3, -0.25) is 19.6 Å². The average molecular weight is 491 g/mol. The van der Waals surface area contributed by atoms with Gasteiger partial charge in [-0.2, -0.15) is 0 Å². The van der Waals surface area contributed by atoms with E-state index in [2.05, 4.69) is 15.4 Å². The topological polar surface area (TPSA) is 140 Å². The number of nitro benzene ring substituents is 1. The molecule has 3 N–H and O–H groups in total. The Bertz CT molecular complexity index is 1300. The van der Waals surface area contributed by atoms with E-state index in [1.54, 1.807) is 18.2 Å². The first kappa shape index (κ1) is 23.8. The van der Waals surface area contributed by atoms with Crippen molar-refractivity contribution in [3.05, 3.63) is 81.9 Å². The number of amides is 1. The van der Waals surface area contributed by atoms with Gasteiger partial charge in [0, 0.05) is 11.8 Å². The van der Waals surface area contributed by atoms with E-state index in [0.717, 1.165) is 0 Å². The van der Waals surface area contributed by atoms with Crippen molar-refractivity contribution in [2.45, 2.75) is 4.90 Å². The molecule has 0 aliphatic heterocycles. The van der Waals surface area contributed by atoms with E-state index in [4.69, 9.17) is 16.3 Å². The molecule has 0 saturated carbocycles. The van der Waals surface area contributed by atoms with Crippen LogP contribution in [0.25, 0.3) is 0 Å². The normalized spacial score (nSPS) is 10.8. The molecule has 1 amide bonds. The van der Waals surface area contributed by atoms with E-state index < -0.39 is 20.9 Å². The number of hydrogen-bond donors (Lipinski definition) is 3. The third-order valence-electron chi connectivity index (χ3n) is 4.40.